The summed E-state index contributed by atoms with van der Waals surface area (Å²) in [5, 5.41) is 13.6. The number of H-pyrrole nitrogens is 1. The summed E-state index contributed by atoms with van der Waals surface area (Å²) in [6.07, 6.45) is 0. The summed E-state index contributed by atoms with van der Waals surface area (Å²) in [6.45, 7) is 8.20. The molecule has 0 bridgehead atoms. The fraction of sp³-hybridized carbons (Fsp3) is 0.333. The van der Waals surface area contributed by atoms with Gasteiger partial charge in [-0.3, -0.25) is 14.7 Å². The molecule has 1 atom stereocenters. The fourth-order valence-corrected chi connectivity index (χ4v) is 3.86. The van der Waals surface area contributed by atoms with E-state index in [0.717, 1.165) is 11.3 Å². The second kappa shape index (κ2) is 10.9. The number of thioether (sulfide) groups is 1. The number of rotatable bonds is 9. The molecule has 1 heterocycles. The van der Waals surface area contributed by atoms with Crippen molar-refractivity contribution in [3.05, 3.63) is 71.5 Å². The molecule has 0 radical (unpaired) electrons. The van der Waals surface area contributed by atoms with Crippen molar-refractivity contribution in [2.45, 2.75) is 44.8 Å². The Hall–Kier alpha value is -3.13. The lowest BCUT2D eigenvalue weighted by Gasteiger charge is -2.19. The SMILES string of the molecule is CC(C)c1ccccc1NC(=O)CSc1n[nH]c(C(NC(=O)c2ccccc2)C(C)C)n1. The zero-order chi connectivity index (χ0) is 23.1. The number of hydrogen-bond donors (Lipinski definition) is 3. The van der Waals surface area contributed by atoms with Crippen molar-refractivity contribution < 1.29 is 9.59 Å². The molecular formula is C24H29N5O2S. The molecule has 168 valence electrons. The number of carbonyl (C=O) groups excluding carboxylic acids is 2. The average molecular weight is 452 g/mol. The van der Waals surface area contributed by atoms with Crippen molar-refractivity contribution in [2.75, 3.05) is 11.1 Å². The molecular weight excluding hydrogens is 422 g/mol. The third-order valence-electron chi connectivity index (χ3n) is 4.96. The van der Waals surface area contributed by atoms with Gasteiger partial charge in [0, 0.05) is 11.3 Å². The molecule has 0 fully saturated rings. The molecule has 3 N–H and O–H groups in total. The molecule has 2 amide bonds. The average Bonchev–Trinajstić information content (AvgIpc) is 3.25. The van der Waals surface area contributed by atoms with Gasteiger partial charge < -0.3 is 10.6 Å². The summed E-state index contributed by atoms with van der Waals surface area (Å²) in [5.74, 6) is 0.882. The van der Waals surface area contributed by atoms with Gasteiger partial charge in [0.2, 0.25) is 11.1 Å². The molecule has 1 aromatic heterocycles. The zero-order valence-electron chi connectivity index (χ0n) is 18.8. The van der Waals surface area contributed by atoms with Crippen LogP contribution in [0.25, 0.3) is 0 Å². The van der Waals surface area contributed by atoms with Crippen LogP contribution in [0.4, 0.5) is 5.69 Å². The van der Waals surface area contributed by atoms with Crippen molar-refractivity contribution >= 4 is 29.3 Å². The van der Waals surface area contributed by atoms with E-state index in [9.17, 15) is 9.59 Å². The number of carbonyl (C=O) groups is 2. The number of nitrogens with one attached hydrogen (secondary N) is 3. The summed E-state index contributed by atoms with van der Waals surface area (Å²) in [7, 11) is 0. The Morgan fingerprint density at radius 1 is 1.00 bits per heavy atom. The maximum atomic E-state index is 12.6. The van der Waals surface area contributed by atoms with Gasteiger partial charge in [0.05, 0.1) is 11.8 Å². The van der Waals surface area contributed by atoms with Gasteiger partial charge in [-0.1, -0.05) is 75.9 Å². The zero-order valence-corrected chi connectivity index (χ0v) is 19.6. The van der Waals surface area contributed by atoms with Crippen LogP contribution in [0.1, 0.15) is 61.4 Å². The number of aromatic amines is 1. The van der Waals surface area contributed by atoms with Crippen molar-refractivity contribution in [3.8, 4) is 0 Å². The van der Waals surface area contributed by atoms with Crippen LogP contribution in [0.2, 0.25) is 0 Å². The molecule has 3 aromatic rings. The second-order valence-corrected chi connectivity index (χ2v) is 9.09. The maximum Gasteiger partial charge on any atom is 0.251 e. The normalized spacial score (nSPS) is 12.1. The molecule has 0 aliphatic heterocycles. The standard InChI is InChI=1S/C24H29N5O2S/c1-15(2)18-12-8-9-13-19(18)25-20(30)14-32-24-27-22(28-29-24)21(16(3)4)26-23(31)17-10-6-5-7-11-17/h5-13,15-16,21H,14H2,1-4H3,(H,25,30)(H,26,31)(H,27,28,29). The van der Waals surface area contributed by atoms with E-state index in [1.54, 1.807) is 12.1 Å². The summed E-state index contributed by atoms with van der Waals surface area (Å²) in [4.78, 5) is 29.5. The van der Waals surface area contributed by atoms with E-state index in [-0.39, 0.29) is 29.5 Å². The predicted molar refractivity (Wildman–Crippen MR) is 128 cm³/mol. The summed E-state index contributed by atoms with van der Waals surface area (Å²) in [5.41, 5.74) is 2.51. The highest BCUT2D eigenvalue weighted by Gasteiger charge is 2.23. The lowest BCUT2D eigenvalue weighted by Crippen LogP contribution is -2.32. The lowest BCUT2D eigenvalue weighted by atomic mass is 10.0. The quantitative estimate of drug-likeness (QED) is 0.406. The van der Waals surface area contributed by atoms with E-state index in [1.807, 2.05) is 56.3 Å². The van der Waals surface area contributed by atoms with E-state index in [2.05, 4.69) is 39.7 Å². The maximum absolute atomic E-state index is 12.6. The first-order valence-corrected chi connectivity index (χ1v) is 11.6. The van der Waals surface area contributed by atoms with E-state index < -0.39 is 0 Å². The first-order valence-electron chi connectivity index (χ1n) is 10.6. The molecule has 3 rings (SSSR count). The van der Waals surface area contributed by atoms with Gasteiger partial charge in [0.25, 0.3) is 5.91 Å². The molecule has 0 saturated heterocycles. The predicted octanol–water partition coefficient (Wildman–Crippen LogP) is 4.79. The van der Waals surface area contributed by atoms with Crippen LogP contribution in [0, 0.1) is 5.92 Å². The highest BCUT2D eigenvalue weighted by molar-refractivity contribution is 7.99. The molecule has 0 spiro atoms. The summed E-state index contributed by atoms with van der Waals surface area (Å²) < 4.78 is 0. The van der Waals surface area contributed by atoms with Crippen LogP contribution in [0.5, 0.6) is 0 Å². The molecule has 8 heteroatoms. The number of nitrogens with zero attached hydrogens (tertiary/aromatic N) is 2. The minimum Gasteiger partial charge on any atom is -0.342 e. The Morgan fingerprint density at radius 2 is 1.69 bits per heavy atom. The van der Waals surface area contributed by atoms with Gasteiger partial charge in [0.15, 0.2) is 0 Å². The van der Waals surface area contributed by atoms with Crippen LogP contribution in [0.15, 0.2) is 59.8 Å². The van der Waals surface area contributed by atoms with E-state index in [4.69, 9.17) is 0 Å². The number of hydrogen-bond acceptors (Lipinski definition) is 5. The van der Waals surface area contributed by atoms with E-state index in [0.29, 0.717) is 22.5 Å². The van der Waals surface area contributed by atoms with Crippen molar-refractivity contribution in [2.24, 2.45) is 5.92 Å². The van der Waals surface area contributed by atoms with E-state index >= 15 is 0 Å². The minimum absolute atomic E-state index is 0.101. The molecule has 1 unspecified atom stereocenters. The lowest BCUT2D eigenvalue weighted by molar-refractivity contribution is -0.113. The number of benzene rings is 2. The topological polar surface area (TPSA) is 99.8 Å². The van der Waals surface area contributed by atoms with Crippen LogP contribution in [-0.4, -0.2) is 32.7 Å². The monoisotopic (exact) mass is 451 g/mol. The number of para-hydroxylation sites is 1. The van der Waals surface area contributed by atoms with Gasteiger partial charge in [0.1, 0.15) is 5.82 Å². The number of aromatic nitrogens is 3. The molecule has 0 saturated carbocycles. The third kappa shape index (κ3) is 6.20. The number of amides is 2. The fourth-order valence-electron chi connectivity index (χ4n) is 3.26. The Kier molecular flexibility index (Phi) is 8.05. The van der Waals surface area contributed by atoms with Crippen LogP contribution >= 0.6 is 11.8 Å². The first-order chi connectivity index (χ1) is 15.3. The van der Waals surface area contributed by atoms with Gasteiger partial charge in [-0.2, -0.15) is 0 Å². The van der Waals surface area contributed by atoms with Crippen molar-refractivity contribution in [1.29, 1.82) is 0 Å². The van der Waals surface area contributed by atoms with Crippen molar-refractivity contribution in [3.63, 3.8) is 0 Å². The van der Waals surface area contributed by atoms with Crippen LogP contribution in [0.3, 0.4) is 0 Å². The van der Waals surface area contributed by atoms with E-state index in [1.165, 1.54) is 11.8 Å². The Labute approximate surface area is 192 Å². The third-order valence-corrected chi connectivity index (χ3v) is 5.80. The highest BCUT2D eigenvalue weighted by Crippen LogP contribution is 2.25. The molecule has 0 aliphatic carbocycles. The largest absolute Gasteiger partial charge is 0.342 e. The van der Waals surface area contributed by atoms with Crippen molar-refractivity contribution in [1.82, 2.24) is 20.5 Å². The minimum atomic E-state index is -0.323. The molecule has 32 heavy (non-hydrogen) atoms. The summed E-state index contributed by atoms with van der Waals surface area (Å²) in [6, 6.07) is 16.5. The Bertz CT molecular complexity index is 1050. The van der Waals surface area contributed by atoms with Gasteiger partial charge in [-0.25, -0.2) is 4.98 Å². The second-order valence-electron chi connectivity index (χ2n) is 8.14. The van der Waals surface area contributed by atoms with Gasteiger partial charge >= 0.3 is 0 Å². The highest BCUT2D eigenvalue weighted by atomic mass is 32.2. The molecule has 0 aliphatic rings. The Morgan fingerprint density at radius 3 is 2.38 bits per heavy atom. The summed E-state index contributed by atoms with van der Waals surface area (Å²) >= 11 is 1.25. The molecule has 7 nitrogen and oxygen atoms in total. The van der Waals surface area contributed by atoms with Gasteiger partial charge in [-0.05, 0) is 35.6 Å². The first kappa shape index (κ1) is 23.5. The number of anilines is 1. The van der Waals surface area contributed by atoms with Gasteiger partial charge in [-0.15, -0.1) is 5.10 Å². The molecule has 2 aromatic carbocycles. The van der Waals surface area contributed by atoms with Crippen LogP contribution < -0.4 is 10.6 Å². The Balaban J connectivity index is 1.60. The van der Waals surface area contributed by atoms with Crippen LogP contribution in [-0.2, 0) is 4.79 Å². The smallest absolute Gasteiger partial charge is 0.251 e.